The van der Waals surface area contributed by atoms with E-state index in [4.69, 9.17) is 4.74 Å². The number of carbonyl (C=O) groups is 2. The summed E-state index contributed by atoms with van der Waals surface area (Å²) in [6, 6.07) is 24.3. The monoisotopic (exact) mass is 472 g/mol. The summed E-state index contributed by atoms with van der Waals surface area (Å²) in [6.07, 6.45) is 0. The van der Waals surface area contributed by atoms with E-state index < -0.39 is 11.8 Å². The predicted molar refractivity (Wildman–Crippen MR) is 132 cm³/mol. The number of hydrogen-bond acceptors (Lipinski definition) is 6. The van der Waals surface area contributed by atoms with Crippen molar-refractivity contribution in [1.82, 2.24) is 20.1 Å². The molecule has 2 amide bonds. The number of ether oxygens (including phenoxy) is 1. The van der Waals surface area contributed by atoms with Gasteiger partial charge in [0.25, 0.3) is 5.91 Å². The van der Waals surface area contributed by atoms with Crippen LogP contribution in [0.5, 0.6) is 5.75 Å². The fraction of sp³-hybridized carbons (Fsp3) is 0.154. The molecule has 0 unspecified atom stereocenters. The van der Waals surface area contributed by atoms with E-state index in [2.05, 4.69) is 15.5 Å². The van der Waals surface area contributed by atoms with Gasteiger partial charge in [-0.05, 0) is 56.3 Å². The summed E-state index contributed by atoms with van der Waals surface area (Å²) >= 11 is 1.22. The standard InChI is InChI=1S/C26H24N4O3S/c1-3-33-22-14-12-21(13-15-22)30-24(20-11-7-8-18(2)16-20)28-29-26(30)34-17-23(31)27-25(32)19-9-5-4-6-10-19/h4-16H,3,17H2,1-2H3,(H,27,31,32). The third-order valence-corrected chi connectivity index (χ3v) is 5.87. The minimum Gasteiger partial charge on any atom is -0.494 e. The Morgan fingerprint density at radius 1 is 0.971 bits per heavy atom. The molecular formula is C26H24N4O3S. The van der Waals surface area contributed by atoms with Crippen molar-refractivity contribution in [3.05, 3.63) is 90.0 Å². The quantitative estimate of drug-likeness (QED) is 0.375. The summed E-state index contributed by atoms with van der Waals surface area (Å²) in [5, 5.41) is 11.7. The van der Waals surface area contributed by atoms with Crippen LogP contribution in [-0.2, 0) is 4.79 Å². The Balaban J connectivity index is 1.58. The molecule has 0 aliphatic carbocycles. The highest BCUT2D eigenvalue weighted by Gasteiger charge is 2.18. The Hall–Kier alpha value is -3.91. The van der Waals surface area contributed by atoms with E-state index in [9.17, 15) is 9.59 Å². The minimum atomic E-state index is -0.431. The first-order valence-corrected chi connectivity index (χ1v) is 11.8. The van der Waals surface area contributed by atoms with Crippen LogP contribution in [0.25, 0.3) is 17.1 Å². The second kappa shape index (κ2) is 10.8. The fourth-order valence-corrected chi connectivity index (χ4v) is 4.13. The van der Waals surface area contributed by atoms with Gasteiger partial charge in [-0.3, -0.25) is 19.5 Å². The highest BCUT2D eigenvalue weighted by Crippen LogP contribution is 2.29. The molecule has 0 aliphatic heterocycles. The van der Waals surface area contributed by atoms with Gasteiger partial charge in [0, 0.05) is 16.8 Å². The van der Waals surface area contributed by atoms with Crippen LogP contribution in [-0.4, -0.2) is 38.9 Å². The minimum absolute atomic E-state index is 0.0154. The topological polar surface area (TPSA) is 86.1 Å². The average molecular weight is 473 g/mol. The number of nitrogens with zero attached hydrogens (tertiary/aromatic N) is 3. The maximum atomic E-state index is 12.5. The molecule has 4 rings (SSSR count). The zero-order chi connectivity index (χ0) is 23.9. The van der Waals surface area contributed by atoms with Gasteiger partial charge in [-0.15, -0.1) is 10.2 Å². The molecule has 0 bridgehead atoms. The van der Waals surface area contributed by atoms with Crippen molar-refractivity contribution < 1.29 is 14.3 Å². The highest BCUT2D eigenvalue weighted by atomic mass is 32.2. The van der Waals surface area contributed by atoms with Crippen LogP contribution in [0.1, 0.15) is 22.8 Å². The number of thioether (sulfide) groups is 1. The zero-order valence-electron chi connectivity index (χ0n) is 18.9. The molecule has 0 aliphatic rings. The first-order chi connectivity index (χ1) is 16.5. The normalized spacial score (nSPS) is 10.6. The Labute approximate surface area is 202 Å². The molecule has 0 saturated heterocycles. The molecule has 0 radical (unpaired) electrons. The molecule has 4 aromatic rings. The fourth-order valence-electron chi connectivity index (χ4n) is 3.38. The predicted octanol–water partition coefficient (Wildman–Crippen LogP) is 4.69. The first kappa shape index (κ1) is 23.3. The number of rotatable bonds is 8. The molecule has 1 heterocycles. The summed E-state index contributed by atoms with van der Waals surface area (Å²) in [4.78, 5) is 24.7. The van der Waals surface area contributed by atoms with E-state index in [0.29, 0.717) is 23.2 Å². The first-order valence-electron chi connectivity index (χ1n) is 10.8. The summed E-state index contributed by atoms with van der Waals surface area (Å²) in [5.41, 5.74) is 3.29. The molecule has 0 fully saturated rings. The van der Waals surface area contributed by atoms with Gasteiger partial charge in [-0.2, -0.15) is 0 Å². The summed E-state index contributed by atoms with van der Waals surface area (Å²) in [7, 11) is 0. The number of imide groups is 1. The zero-order valence-corrected chi connectivity index (χ0v) is 19.7. The molecule has 0 atom stereocenters. The van der Waals surface area contributed by atoms with Crippen LogP contribution in [0.3, 0.4) is 0 Å². The van der Waals surface area contributed by atoms with E-state index in [1.165, 1.54) is 11.8 Å². The van der Waals surface area contributed by atoms with Crippen molar-refractivity contribution in [3.8, 4) is 22.8 Å². The molecular weight excluding hydrogens is 448 g/mol. The second-order valence-corrected chi connectivity index (χ2v) is 8.41. The smallest absolute Gasteiger partial charge is 0.257 e. The Bertz CT molecular complexity index is 1290. The molecule has 7 nitrogen and oxygen atoms in total. The lowest BCUT2D eigenvalue weighted by Gasteiger charge is -2.12. The number of carbonyl (C=O) groups excluding carboxylic acids is 2. The van der Waals surface area contributed by atoms with Gasteiger partial charge in [0.2, 0.25) is 5.91 Å². The molecule has 0 saturated carbocycles. The Kier molecular flexibility index (Phi) is 7.39. The second-order valence-electron chi connectivity index (χ2n) is 7.47. The number of amides is 2. The third-order valence-electron chi connectivity index (χ3n) is 4.94. The molecule has 0 spiro atoms. The Morgan fingerprint density at radius 2 is 1.74 bits per heavy atom. The van der Waals surface area contributed by atoms with Crippen molar-refractivity contribution in [3.63, 3.8) is 0 Å². The number of benzene rings is 3. The average Bonchev–Trinajstić information content (AvgIpc) is 3.28. The molecule has 8 heteroatoms. The van der Waals surface area contributed by atoms with Crippen LogP contribution < -0.4 is 10.1 Å². The van der Waals surface area contributed by atoms with Crippen LogP contribution in [0.4, 0.5) is 0 Å². The van der Waals surface area contributed by atoms with Gasteiger partial charge in [0.1, 0.15) is 5.75 Å². The van der Waals surface area contributed by atoms with E-state index >= 15 is 0 Å². The van der Waals surface area contributed by atoms with Crippen molar-refractivity contribution in [2.75, 3.05) is 12.4 Å². The molecule has 1 N–H and O–H groups in total. The number of hydrogen-bond donors (Lipinski definition) is 1. The van der Waals surface area contributed by atoms with Gasteiger partial charge in [0.15, 0.2) is 11.0 Å². The van der Waals surface area contributed by atoms with E-state index in [-0.39, 0.29) is 5.75 Å². The van der Waals surface area contributed by atoms with Crippen molar-refractivity contribution >= 4 is 23.6 Å². The number of nitrogens with one attached hydrogen (secondary N) is 1. The van der Waals surface area contributed by atoms with Crippen molar-refractivity contribution in [1.29, 1.82) is 0 Å². The lowest BCUT2D eigenvalue weighted by molar-refractivity contribution is -0.117. The number of aromatic nitrogens is 3. The summed E-state index contributed by atoms with van der Waals surface area (Å²) in [5.74, 6) is 0.610. The van der Waals surface area contributed by atoms with Crippen molar-refractivity contribution in [2.24, 2.45) is 0 Å². The van der Waals surface area contributed by atoms with Crippen LogP contribution >= 0.6 is 11.8 Å². The van der Waals surface area contributed by atoms with Gasteiger partial charge in [-0.1, -0.05) is 53.7 Å². The Morgan fingerprint density at radius 3 is 2.44 bits per heavy atom. The highest BCUT2D eigenvalue weighted by molar-refractivity contribution is 7.99. The molecule has 1 aromatic heterocycles. The summed E-state index contributed by atoms with van der Waals surface area (Å²) in [6.45, 7) is 4.54. The largest absolute Gasteiger partial charge is 0.494 e. The summed E-state index contributed by atoms with van der Waals surface area (Å²) < 4.78 is 7.47. The van der Waals surface area contributed by atoms with Gasteiger partial charge in [-0.25, -0.2) is 0 Å². The van der Waals surface area contributed by atoms with Gasteiger partial charge >= 0.3 is 0 Å². The van der Waals surface area contributed by atoms with E-state index in [1.807, 2.05) is 73.0 Å². The molecule has 34 heavy (non-hydrogen) atoms. The van der Waals surface area contributed by atoms with Gasteiger partial charge < -0.3 is 4.74 Å². The van der Waals surface area contributed by atoms with Crippen molar-refractivity contribution in [2.45, 2.75) is 19.0 Å². The lowest BCUT2D eigenvalue weighted by atomic mass is 10.1. The lowest BCUT2D eigenvalue weighted by Crippen LogP contribution is -2.31. The van der Waals surface area contributed by atoms with E-state index in [1.54, 1.807) is 24.3 Å². The third kappa shape index (κ3) is 5.52. The van der Waals surface area contributed by atoms with Crippen LogP contribution in [0.15, 0.2) is 84.0 Å². The van der Waals surface area contributed by atoms with Crippen LogP contribution in [0.2, 0.25) is 0 Å². The maximum absolute atomic E-state index is 12.5. The van der Waals surface area contributed by atoms with Gasteiger partial charge in [0.05, 0.1) is 12.4 Å². The van der Waals surface area contributed by atoms with Crippen LogP contribution in [0, 0.1) is 6.92 Å². The maximum Gasteiger partial charge on any atom is 0.257 e. The molecule has 172 valence electrons. The SMILES string of the molecule is CCOc1ccc(-n2c(SCC(=O)NC(=O)c3ccccc3)nnc2-c2cccc(C)c2)cc1. The molecule has 3 aromatic carbocycles. The number of aryl methyl sites for hydroxylation is 1. The van der Waals surface area contributed by atoms with E-state index in [0.717, 1.165) is 22.6 Å².